The quantitative estimate of drug-likeness (QED) is 0.659. The molecule has 0 bridgehead atoms. The van der Waals surface area contributed by atoms with Gasteiger partial charge in [-0.1, -0.05) is 30.3 Å². The highest BCUT2D eigenvalue weighted by Crippen LogP contribution is 2.22. The van der Waals surface area contributed by atoms with E-state index in [0.717, 1.165) is 37.5 Å². The second-order valence-corrected chi connectivity index (χ2v) is 4.79. The second kappa shape index (κ2) is 5.87. The molecule has 0 saturated carbocycles. The summed E-state index contributed by atoms with van der Waals surface area (Å²) < 4.78 is 5.37. The maximum absolute atomic E-state index is 8.87. The molecule has 0 aliphatic carbocycles. The largest absolute Gasteiger partial charge is 0.496 e. The number of nitrogens with zero attached hydrogens (tertiary/aromatic N) is 2. The van der Waals surface area contributed by atoms with E-state index in [-0.39, 0.29) is 0 Å². The third-order valence-electron chi connectivity index (χ3n) is 3.50. The van der Waals surface area contributed by atoms with Crippen LogP contribution in [0.4, 0.5) is 0 Å². The fourth-order valence-electron chi connectivity index (χ4n) is 2.47. The second-order valence-electron chi connectivity index (χ2n) is 4.79. The van der Waals surface area contributed by atoms with Crippen molar-refractivity contribution in [1.29, 1.82) is 0 Å². The lowest BCUT2D eigenvalue weighted by Crippen LogP contribution is -2.39. The normalized spacial score (nSPS) is 23.2. The molecule has 1 aromatic rings. The number of ether oxygens (including phenoxy) is 1. The predicted octanol–water partition coefficient (Wildman–Crippen LogP) is 2.37. The molecule has 0 amide bonds. The van der Waals surface area contributed by atoms with Crippen molar-refractivity contribution in [3.63, 3.8) is 0 Å². The Hall–Kier alpha value is -1.55. The highest BCUT2D eigenvalue weighted by Gasteiger charge is 2.22. The Bertz CT molecular complexity index is 432. The zero-order valence-corrected chi connectivity index (χ0v) is 11.0. The summed E-state index contributed by atoms with van der Waals surface area (Å²) in [6.07, 6.45) is 0.840. The van der Waals surface area contributed by atoms with Crippen LogP contribution in [0.1, 0.15) is 18.9 Å². The van der Waals surface area contributed by atoms with Crippen LogP contribution in [0.25, 0.3) is 0 Å². The summed E-state index contributed by atoms with van der Waals surface area (Å²) in [5.41, 5.74) is 2.11. The Balaban J connectivity index is 2.02. The zero-order valence-electron chi connectivity index (χ0n) is 11.0. The van der Waals surface area contributed by atoms with Crippen molar-refractivity contribution in [3.8, 4) is 5.75 Å². The third kappa shape index (κ3) is 2.82. The van der Waals surface area contributed by atoms with Crippen molar-refractivity contribution in [3.05, 3.63) is 29.8 Å². The molecule has 1 aromatic carbocycles. The number of benzene rings is 1. The monoisotopic (exact) mass is 248 g/mol. The van der Waals surface area contributed by atoms with Crippen molar-refractivity contribution < 1.29 is 9.94 Å². The molecular weight excluding hydrogens is 228 g/mol. The van der Waals surface area contributed by atoms with Crippen LogP contribution in [0.15, 0.2) is 29.4 Å². The molecular formula is C14H20N2O2. The minimum absolute atomic E-state index is 0.318. The van der Waals surface area contributed by atoms with Gasteiger partial charge in [0.05, 0.1) is 12.8 Å². The fraction of sp³-hybridized carbons (Fsp3) is 0.500. The van der Waals surface area contributed by atoms with Gasteiger partial charge in [0.25, 0.3) is 0 Å². The first-order chi connectivity index (χ1) is 8.74. The number of likely N-dealkylation sites (tertiary alicyclic amines) is 1. The maximum Gasteiger partial charge on any atom is 0.123 e. The van der Waals surface area contributed by atoms with Crippen LogP contribution in [-0.4, -0.2) is 36.0 Å². The van der Waals surface area contributed by atoms with E-state index < -0.39 is 0 Å². The first-order valence-electron chi connectivity index (χ1n) is 6.29. The average molecular weight is 248 g/mol. The molecule has 1 saturated heterocycles. The van der Waals surface area contributed by atoms with Gasteiger partial charge in [0, 0.05) is 37.5 Å². The van der Waals surface area contributed by atoms with Gasteiger partial charge in [0.15, 0.2) is 0 Å². The van der Waals surface area contributed by atoms with E-state index >= 15 is 0 Å². The molecule has 1 aliphatic heterocycles. The van der Waals surface area contributed by atoms with E-state index in [9.17, 15) is 0 Å². The van der Waals surface area contributed by atoms with Gasteiger partial charge < -0.3 is 9.94 Å². The topological polar surface area (TPSA) is 45.1 Å². The van der Waals surface area contributed by atoms with E-state index in [4.69, 9.17) is 9.94 Å². The number of rotatable bonds is 3. The van der Waals surface area contributed by atoms with E-state index in [1.807, 2.05) is 18.2 Å². The molecule has 1 fully saturated rings. The van der Waals surface area contributed by atoms with Gasteiger partial charge in [-0.3, -0.25) is 4.90 Å². The van der Waals surface area contributed by atoms with Crippen LogP contribution < -0.4 is 4.74 Å². The summed E-state index contributed by atoms with van der Waals surface area (Å²) in [5.74, 6) is 1.25. The van der Waals surface area contributed by atoms with Gasteiger partial charge >= 0.3 is 0 Å². The SMILES string of the molecule is COc1ccccc1CN1CC/C(=N/O)C(C)C1. The summed E-state index contributed by atoms with van der Waals surface area (Å²) in [7, 11) is 1.70. The number of methoxy groups -OCH3 is 1. The number of oxime groups is 1. The van der Waals surface area contributed by atoms with Crippen molar-refractivity contribution in [2.45, 2.75) is 19.9 Å². The fourth-order valence-corrected chi connectivity index (χ4v) is 2.47. The standard InChI is InChI=1S/C14H20N2O2/c1-11-9-16(8-7-13(11)15-17)10-12-5-3-4-6-14(12)18-2/h3-6,11,17H,7-10H2,1-2H3/b15-13-. The van der Waals surface area contributed by atoms with Gasteiger partial charge in [-0.2, -0.15) is 0 Å². The molecule has 98 valence electrons. The van der Waals surface area contributed by atoms with Crippen LogP contribution in [0.5, 0.6) is 5.75 Å². The summed E-state index contributed by atoms with van der Waals surface area (Å²) >= 11 is 0. The Morgan fingerprint density at radius 1 is 1.44 bits per heavy atom. The molecule has 0 spiro atoms. The van der Waals surface area contributed by atoms with Crippen LogP contribution in [0, 0.1) is 5.92 Å². The van der Waals surface area contributed by atoms with Crippen molar-refractivity contribution in [1.82, 2.24) is 4.90 Å². The summed E-state index contributed by atoms with van der Waals surface area (Å²) in [6, 6.07) is 8.10. The van der Waals surface area contributed by atoms with Crippen LogP contribution in [0.3, 0.4) is 0 Å². The molecule has 0 radical (unpaired) electrons. The zero-order chi connectivity index (χ0) is 13.0. The minimum Gasteiger partial charge on any atom is -0.496 e. The smallest absolute Gasteiger partial charge is 0.123 e. The summed E-state index contributed by atoms with van der Waals surface area (Å²) in [4.78, 5) is 2.37. The van der Waals surface area contributed by atoms with Crippen LogP contribution in [-0.2, 0) is 6.54 Å². The molecule has 0 aromatic heterocycles. The average Bonchev–Trinajstić information content (AvgIpc) is 2.39. The number of piperidine rings is 1. The molecule has 4 nitrogen and oxygen atoms in total. The van der Waals surface area contributed by atoms with Gasteiger partial charge in [-0.05, 0) is 6.07 Å². The Kier molecular flexibility index (Phi) is 4.20. The number of para-hydroxylation sites is 1. The van der Waals surface area contributed by atoms with Crippen LogP contribution >= 0.6 is 0 Å². The highest BCUT2D eigenvalue weighted by atomic mass is 16.5. The third-order valence-corrected chi connectivity index (χ3v) is 3.50. The van der Waals surface area contributed by atoms with E-state index in [0.29, 0.717) is 5.92 Å². The van der Waals surface area contributed by atoms with E-state index in [1.165, 1.54) is 5.56 Å². The lowest BCUT2D eigenvalue weighted by molar-refractivity contribution is 0.226. The van der Waals surface area contributed by atoms with E-state index in [2.05, 4.69) is 23.0 Å². The molecule has 1 unspecified atom stereocenters. The summed E-state index contributed by atoms with van der Waals surface area (Å²) in [6.45, 7) is 4.84. The number of hydrogen-bond acceptors (Lipinski definition) is 4. The van der Waals surface area contributed by atoms with Gasteiger partial charge in [0.2, 0.25) is 0 Å². The maximum atomic E-state index is 8.87. The highest BCUT2D eigenvalue weighted by molar-refractivity contribution is 5.86. The molecule has 1 aliphatic rings. The molecule has 1 N–H and O–H groups in total. The lowest BCUT2D eigenvalue weighted by atomic mass is 9.97. The lowest BCUT2D eigenvalue weighted by Gasteiger charge is -2.31. The molecule has 18 heavy (non-hydrogen) atoms. The molecule has 4 heteroatoms. The van der Waals surface area contributed by atoms with Gasteiger partial charge in [-0.25, -0.2) is 0 Å². The van der Waals surface area contributed by atoms with Crippen molar-refractivity contribution in [2.24, 2.45) is 11.1 Å². The first kappa shape index (κ1) is 12.9. The van der Waals surface area contributed by atoms with Gasteiger partial charge in [-0.15, -0.1) is 0 Å². The Morgan fingerprint density at radius 2 is 2.22 bits per heavy atom. The van der Waals surface area contributed by atoms with Crippen molar-refractivity contribution in [2.75, 3.05) is 20.2 Å². The van der Waals surface area contributed by atoms with Crippen LogP contribution in [0.2, 0.25) is 0 Å². The molecule has 2 rings (SSSR count). The Morgan fingerprint density at radius 3 is 2.89 bits per heavy atom. The minimum atomic E-state index is 0.318. The molecule has 1 heterocycles. The number of hydrogen-bond donors (Lipinski definition) is 1. The summed E-state index contributed by atoms with van der Waals surface area (Å²) in [5, 5.41) is 12.2. The molecule has 1 atom stereocenters. The van der Waals surface area contributed by atoms with Gasteiger partial charge in [0.1, 0.15) is 5.75 Å². The predicted molar refractivity (Wildman–Crippen MR) is 71.3 cm³/mol. The first-order valence-corrected chi connectivity index (χ1v) is 6.29. The Labute approximate surface area is 108 Å². The van der Waals surface area contributed by atoms with Crippen molar-refractivity contribution >= 4 is 5.71 Å². The van der Waals surface area contributed by atoms with E-state index in [1.54, 1.807) is 7.11 Å².